The average Bonchev–Trinajstić information content (AvgIpc) is 2.61. The van der Waals surface area contributed by atoms with Crippen molar-refractivity contribution in [3.8, 4) is 16.9 Å². The summed E-state index contributed by atoms with van der Waals surface area (Å²) in [6.07, 6.45) is 1.40. The highest BCUT2D eigenvalue weighted by atomic mass is 32.2. The van der Waals surface area contributed by atoms with Crippen molar-refractivity contribution < 1.29 is 27.4 Å². The van der Waals surface area contributed by atoms with Gasteiger partial charge in [-0.2, -0.15) is 0 Å². The minimum absolute atomic E-state index is 0.0911. The van der Waals surface area contributed by atoms with Crippen LogP contribution in [0.15, 0.2) is 41.3 Å². The number of ether oxygens (including phenoxy) is 1. The molecule has 2 rings (SSSR count). The van der Waals surface area contributed by atoms with Crippen LogP contribution < -0.4 is 10.3 Å². The zero-order valence-electron chi connectivity index (χ0n) is 15.8. The summed E-state index contributed by atoms with van der Waals surface area (Å²) in [5.41, 5.74) is 0.0108. The zero-order chi connectivity index (χ0) is 21.1. The molecule has 2 aromatic rings. The van der Waals surface area contributed by atoms with Gasteiger partial charge in [-0.1, -0.05) is 12.1 Å². The maximum Gasteiger partial charge on any atom is 0.324 e. The molecular weight excluding hydrogens is 389 g/mol. The molecule has 0 saturated heterocycles. The molecule has 28 heavy (non-hydrogen) atoms. The number of hydrogen-bond donors (Lipinski definition) is 1. The lowest BCUT2D eigenvalue weighted by Crippen LogP contribution is -2.44. The molecule has 0 fully saturated rings. The molecule has 9 heteroatoms. The molecule has 0 aliphatic carbocycles. The van der Waals surface area contributed by atoms with E-state index in [4.69, 9.17) is 4.74 Å². The van der Waals surface area contributed by atoms with Crippen molar-refractivity contribution in [3.05, 3.63) is 52.7 Å². The van der Waals surface area contributed by atoms with Crippen molar-refractivity contribution in [1.82, 2.24) is 4.57 Å². The third-order valence-corrected chi connectivity index (χ3v) is 6.67. The molecule has 7 nitrogen and oxygen atoms in total. The van der Waals surface area contributed by atoms with E-state index in [1.54, 1.807) is 24.3 Å². The van der Waals surface area contributed by atoms with Gasteiger partial charge in [0.1, 0.15) is 11.6 Å². The lowest BCUT2D eigenvalue weighted by atomic mass is 10.1. The number of carboxylic acid groups (broad SMARTS) is 1. The first-order chi connectivity index (χ1) is 13.0. The second-order valence-electron chi connectivity index (χ2n) is 6.58. The lowest BCUT2D eigenvalue weighted by Gasteiger charge is -2.23. The first-order valence-electron chi connectivity index (χ1n) is 8.56. The van der Waals surface area contributed by atoms with Gasteiger partial charge in [0.25, 0.3) is 5.56 Å². The third-order valence-electron chi connectivity index (χ3n) is 4.65. The fourth-order valence-electron chi connectivity index (χ4n) is 2.62. The number of aromatic nitrogens is 1. The van der Waals surface area contributed by atoms with Gasteiger partial charge in [0.15, 0.2) is 14.6 Å². The second kappa shape index (κ2) is 8.14. The Morgan fingerprint density at radius 3 is 2.39 bits per heavy atom. The molecule has 0 bridgehead atoms. The molecular formula is C19H22FNO6S. The second-order valence-corrected chi connectivity index (χ2v) is 9.03. The Bertz CT molecular complexity index is 1030. The smallest absolute Gasteiger partial charge is 0.324 e. The van der Waals surface area contributed by atoms with Gasteiger partial charge in [0, 0.05) is 30.6 Å². The first-order valence-corrected chi connectivity index (χ1v) is 10.4. The number of pyridine rings is 1. The van der Waals surface area contributed by atoms with Gasteiger partial charge in [-0.05, 0) is 38.0 Å². The quantitative estimate of drug-likeness (QED) is 0.715. The Labute approximate surface area is 162 Å². The Balaban J connectivity index is 2.31. The van der Waals surface area contributed by atoms with Gasteiger partial charge in [0.05, 0.1) is 6.61 Å². The van der Waals surface area contributed by atoms with E-state index in [9.17, 15) is 27.5 Å². The standard InChI is InChI=1S/C19H22FNO6S/c1-4-27-14-7-5-13(6-8-14)15-11-17(22)21(12-16(15)20)10-9-19(2,18(23)24)28(3,25)26/h5-8,11-12H,4,9-10H2,1-3H3,(H,23,24)/t19-/m1/s1. The van der Waals surface area contributed by atoms with E-state index in [0.717, 1.165) is 30.0 Å². The van der Waals surface area contributed by atoms with Crippen LogP contribution in [0.1, 0.15) is 20.3 Å². The van der Waals surface area contributed by atoms with Crippen LogP contribution in [0, 0.1) is 5.82 Å². The van der Waals surface area contributed by atoms with Crippen molar-refractivity contribution >= 4 is 15.8 Å². The molecule has 152 valence electrons. The highest BCUT2D eigenvalue weighted by Gasteiger charge is 2.43. The number of rotatable bonds is 8. The zero-order valence-corrected chi connectivity index (χ0v) is 16.6. The molecule has 0 spiro atoms. The van der Waals surface area contributed by atoms with Crippen molar-refractivity contribution in [2.45, 2.75) is 31.6 Å². The summed E-state index contributed by atoms with van der Waals surface area (Å²) in [4.78, 5) is 23.7. The van der Waals surface area contributed by atoms with Crippen LogP contribution in [0.3, 0.4) is 0 Å². The van der Waals surface area contributed by atoms with Gasteiger partial charge in [0.2, 0.25) is 0 Å². The molecule has 1 atom stereocenters. The largest absolute Gasteiger partial charge is 0.494 e. The van der Waals surface area contributed by atoms with E-state index in [1.807, 2.05) is 6.92 Å². The lowest BCUT2D eigenvalue weighted by molar-refractivity contribution is -0.139. The van der Waals surface area contributed by atoms with Crippen LogP contribution in [0.2, 0.25) is 0 Å². The van der Waals surface area contributed by atoms with Crippen LogP contribution in [-0.4, -0.2) is 41.7 Å². The van der Waals surface area contributed by atoms with Gasteiger partial charge in [-0.25, -0.2) is 12.8 Å². The van der Waals surface area contributed by atoms with Crippen LogP contribution in [-0.2, 0) is 21.2 Å². The number of halogens is 1. The summed E-state index contributed by atoms with van der Waals surface area (Å²) in [7, 11) is -3.94. The summed E-state index contributed by atoms with van der Waals surface area (Å²) >= 11 is 0. The Morgan fingerprint density at radius 1 is 1.29 bits per heavy atom. The fourth-order valence-corrected chi connectivity index (χ4v) is 3.40. The normalized spacial score (nSPS) is 13.7. The Kier molecular flexibility index (Phi) is 6.28. The van der Waals surface area contributed by atoms with E-state index < -0.39 is 31.9 Å². The van der Waals surface area contributed by atoms with E-state index in [-0.39, 0.29) is 18.5 Å². The monoisotopic (exact) mass is 411 g/mol. The number of aliphatic carboxylic acids is 1. The van der Waals surface area contributed by atoms with E-state index in [0.29, 0.717) is 17.9 Å². The molecule has 1 aromatic carbocycles. The van der Waals surface area contributed by atoms with Crippen molar-refractivity contribution in [2.75, 3.05) is 12.9 Å². The number of aryl methyl sites for hydroxylation is 1. The van der Waals surface area contributed by atoms with Crippen molar-refractivity contribution in [1.29, 1.82) is 0 Å². The highest BCUT2D eigenvalue weighted by molar-refractivity contribution is 7.92. The molecule has 0 amide bonds. The summed E-state index contributed by atoms with van der Waals surface area (Å²) < 4.78 is 42.4. The number of hydrogen-bond acceptors (Lipinski definition) is 5. The summed E-state index contributed by atoms with van der Waals surface area (Å²) in [5, 5.41) is 9.27. The third kappa shape index (κ3) is 4.41. The van der Waals surface area contributed by atoms with Gasteiger partial charge in [-0.15, -0.1) is 0 Å². The molecule has 0 unspecified atom stereocenters. The number of carbonyl (C=O) groups is 1. The minimum atomic E-state index is -3.94. The molecule has 1 N–H and O–H groups in total. The predicted octanol–water partition coefficient (Wildman–Crippen LogP) is 2.33. The van der Waals surface area contributed by atoms with Gasteiger partial charge < -0.3 is 14.4 Å². The number of carboxylic acids is 1. The van der Waals surface area contributed by atoms with Crippen molar-refractivity contribution in [2.24, 2.45) is 0 Å². The molecule has 0 aliphatic rings. The highest BCUT2D eigenvalue weighted by Crippen LogP contribution is 2.25. The molecule has 1 heterocycles. The van der Waals surface area contributed by atoms with Crippen LogP contribution in [0.25, 0.3) is 11.1 Å². The number of nitrogens with zero attached hydrogens (tertiary/aromatic N) is 1. The van der Waals surface area contributed by atoms with E-state index in [2.05, 4.69) is 0 Å². The summed E-state index contributed by atoms with van der Waals surface area (Å²) in [6.45, 7) is 3.15. The fraction of sp³-hybridized carbons (Fsp3) is 0.368. The Hall–Kier alpha value is -2.68. The summed E-state index contributed by atoms with van der Waals surface area (Å²) in [6, 6.07) is 7.67. The summed E-state index contributed by atoms with van der Waals surface area (Å²) in [5.74, 6) is -1.58. The topological polar surface area (TPSA) is 103 Å². The molecule has 0 radical (unpaired) electrons. The minimum Gasteiger partial charge on any atom is -0.494 e. The molecule has 0 saturated carbocycles. The maximum absolute atomic E-state index is 14.6. The number of sulfone groups is 1. The predicted molar refractivity (Wildman–Crippen MR) is 103 cm³/mol. The van der Waals surface area contributed by atoms with Crippen LogP contribution in [0.4, 0.5) is 4.39 Å². The van der Waals surface area contributed by atoms with E-state index >= 15 is 0 Å². The van der Waals surface area contributed by atoms with Crippen LogP contribution in [0.5, 0.6) is 5.75 Å². The van der Waals surface area contributed by atoms with Gasteiger partial charge in [-0.3, -0.25) is 9.59 Å². The van der Waals surface area contributed by atoms with Crippen LogP contribution >= 0.6 is 0 Å². The number of benzene rings is 1. The van der Waals surface area contributed by atoms with Crippen molar-refractivity contribution in [3.63, 3.8) is 0 Å². The van der Waals surface area contributed by atoms with Gasteiger partial charge >= 0.3 is 5.97 Å². The first kappa shape index (κ1) is 21.6. The maximum atomic E-state index is 14.6. The molecule has 1 aromatic heterocycles. The SMILES string of the molecule is CCOc1ccc(-c2cc(=O)n(CC[C@](C)(C(=O)O)S(C)(=O)=O)cc2F)cc1. The Morgan fingerprint density at radius 2 is 1.89 bits per heavy atom. The molecule has 0 aliphatic heterocycles. The van der Waals surface area contributed by atoms with E-state index in [1.165, 1.54) is 0 Å². The average molecular weight is 411 g/mol.